The number of carbonyl (C=O) groups is 1. The molecule has 0 spiro atoms. The Balaban J connectivity index is 1.57. The first-order valence-electron chi connectivity index (χ1n) is 8.24. The minimum absolute atomic E-state index is 0.195. The van der Waals surface area contributed by atoms with Crippen LogP contribution in [-0.4, -0.2) is 22.7 Å². The van der Waals surface area contributed by atoms with Gasteiger partial charge in [-0.15, -0.1) is 0 Å². The van der Waals surface area contributed by atoms with Crippen molar-refractivity contribution in [2.45, 2.75) is 63.2 Å². The quantitative estimate of drug-likeness (QED) is 0.798. The van der Waals surface area contributed by atoms with Gasteiger partial charge in [-0.05, 0) is 50.9 Å². The van der Waals surface area contributed by atoms with Crippen LogP contribution in [0.1, 0.15) is 69.5 Å². The summed E-state index contributed by atoms with van der Waals surface area (Å²) in [5.74, 6) is 3.14. The lowest BCUT2D eigenvalue weighted by atomic mass is 9.68. The molecule has 1 heterocycles. The summed E-state index contributed by atoms with van der Waals surface area (Å²) >= 11 is 0. The molecule has 0 saturated heterocycles. The van der Waals surface area contributed by atoms with Crippen LogP contribution in [0.2, 0.25) is 0 Å². The van der Waals surface area contributed by atoms with Gasteiger partial charge in [0, 0.05) is 5.92 Å². The first-order valence-corrected chi connectivity index (χ1v) is 8.24. The Morgan fingerprint density at radius 1 is 1.38 bits per heavy atom. The van der Waals surface area contributed by atoms with Crippen molar-refractivity contribution in [1.82, 2.24) is 10.1 Å². The molecule has 0 aliphatic heterocycles. The fourth-order valence-corrected chi connectivity index (χ4v) is 4.45. The highest BCUT2D eigenvalue weighted by atomic mass is 16.5. The fourth-order valence-electron chi connectivity index (χ4n) is 4.45. The number of hydrogen-bond donors (Lipinski definition) is 0. The van der Waals surface area contributed by atoms with Crippen LogP contribution in [0.3, 0.4) is 0 Å². The van der Waals surface area contributed by atoms with Crippen molar-refractivity contribution in [3.63, 3.8) is 0 Å². The number of rotatable bonds is 4. The molecule has 3 aliphatic carbocycles. The van der Waals surface area contributed by atoms with E-state index >= 15 is 0 Å². The summed E-state index contributed by atoms with van der Waals surface area (Å²) in [6, 6.07) is 0. The van der Waals surface area contributed by atoms with Crippen molar-refractivity contribution in [3.8, 4) is 0 Å². The van der Waals surface area contributed by atoms with Gasteiger partial charge >= 0.3 is 5.97 Å². The normalized spacial score (nSPS) is 32.9. The monoisotopic (exact) mass is 290 g/mol. The maximum atomic E-state index is 12.3. The molecule has 2 bridgehead atoms. The van der Waals surface area contributed by atoms with Gasteiger partial charge in [-0.2, -0.15) is 4.98 Å². The van der Waals surface area contributed by atoms with E-state index in [2.05, 4.69) is 10.1 Å². The lowest BCUT2D eigenvalue weighted by molar-refractivity contribution is -0.155. The van der Waals surface area contributed by atoms with Gasteiger partial charge in [0.2, 0.25) is 5.89 Å². The molecular formula is C16H22N2O3. The molecule has 5 nitrogen and oxygen atoms in total. The number of nitrogens with zero attached hydrogens (tertiary/aromatic N) is 2. The van der Waals surface area contributed by atoms with Gasteiger partial charge < -0.3 is 9.26 Å². The van der Waals surface area contributed by atoms with Crippen molar-refractivity contribution < 1.29 is 14.1 Å². The van der Waals surface area contributed by atoms with Crippen LogP contribution in [0.5, 0.6) is 0 Å². The van der Waals surface area contributed by atoms with E-state index in [1.807, 2.05) is 6.92 Å². The van der Waals surface area contributed by atoms with Gasteiger partial charge in [0.1, 0.15) is 5.41 Å². The van der Waals surface area contributed by atoms with Crippen LogP contribution in [0.4, 0.5) is 0 Å². The molecular weight excluding hydrogens is 268 g/mol. The zero-order chi connectivity index (χ0) is 14.4. The molecule has 0 N–H and O–H groups in total. The van der Waals surface area contributed by atoms with Gasteiger partial charge in [-0.1, -0.05) is 18.0 Å². The molecule has 21 heavy (non-hydrogen) atoms. The number of fused-ring (bicyclic) bond motifs is 2. The zero-order valence-electron chi connectivity index (χ0n) is 12.5. The second-order valence-electron chi connectivity index (χ2n) is 6.90. The lowest BCUT2D eigenvalue weighted by Gasteiger charge is -2.35. The van der Waals surface area contributed by atoms with E-state index in [0.717, 1.165) is 36.9 Å². The van der Waals surface area contributed by atoms with Gasteiger partial charge in [0.05, 0.1) is 6.61 Å². The van der Waals surface area contributed by atoms with Crippen molar-refractivity contribution in [1.29, 1.82) is 0 Å². The Hall–Kier alpha value is -1.39. The summed E-state index contributed by atoms with van der Waals surface area (Å²) in [7, 11) is 0. The Morgan fingerprint density at radius 2 is 2.24 bits per heavy atom. The fraction of sp³-hybridized carbons (Fsp3) is 0.812. The summed E-state index contributed by atoms with van der Waals surface area (Å²) in [5, 5.41) is 4.21. The first kappa shape index (κ1) is 13.3. The van der Waals surface area contributed by atoms with E-state index in [1.54, 1.807) is 0 Å². The van der Waals surface area contributed by atoms with Crippen LogP contribution >= 0.6 is 0 Å². The van der Waals surface area contributed by atoms with E-state index in [9.17, 15) is 4.79 Å². The average Bonchev–Trinajstić information content (AvgIpc) is 3.13. The summed E-state index contributed by atoms with van der Waals surface area (Å²) in [5.41, 5.74) is -0.654. The molecule has 5 heteroatoms. The summed E-state index contributed by atoms with van der Waals surface area (Å²) in [4.78, 5) is 16.9. The number of aromatic nitrogens is 2. The molecule has 0 amide bonds. The minimum atomic E-state index is -0.654. The van der Waals surface area contributed by atoms with Crippen LogP contribution in [0.25, 0.3) is 0 Å². The highest BCUT2D eigenvalue weighted by Gasteiger charge is 2.52. The smallest absolute Gasteiger partial charge is 0.321 e. The highest BCUT2D eigenvalue weighted by molar-refractivity contribution is 5.83. The van der Waals surface area contributed by atoms with Crippen LogP contribution in [-0.2, 0) is 14.9 Å². The SMILES string of the molecule is CCOC(=O)C1(c2nc(C3CC4CCC3C4)no2)CCC1. The topological polar surface area (TPSA) is 65.2 Å². The minimum Gasteiger partial charge on any atom is -0.465 e. The molecule has 1 aromatic heterocycles. The average molecular weight is 290 g/mol. The van der Waals surface area contributed by atoms with Crippen molar-refractivity contribution in [2.24, 2.45) is 11.8 Å². The number of ether oxygens (including phenoxy) is 1. The van der Waals surface area contributed by atoms with Crippen molar-refractivity contribution in [3.05, 3.63) is 11.7 Å². The van der Waals surface area contributed by atoms with Crippen molar-refractivity contribution in [2.75, 3.05) is 6.61 Å². The van der Waals surface area contributed by atoms with Gasteiger partial charge in [-0.25, -0.2) is 0 Å². The molecule has 3 aliphatic rings. The van der Waals surface area contributed by atoms with E-state index in [4.69, 9.17) is 9.26 Å². The molecule has 0 radical (unpaired) electrons. The Morgan fingerprint density at radius 3 is 2.81 bits per heavy atom. The molecule has 3 saturated carbocycles. The predicted molar refractivity (Wildman–Crippen MR) is 74.6 cm³/mol. The van der Waals surface area contributed by atoms with Crippen LogP contribution < -0.4 is 0 Å². The van der Waals surface area contributed by atoms with E-state index in [1.165, 1.54) is 25.7 Å². The number of esters is 1. The van der Waals surface area contributed by atoms with E-state index in [0.29, 0.717) is 18.4 Å². The van der Waals surface area contributed by atoms with Gasteiger partial charge in [0.15, 0.2) is 5.82 Å². The van der Waals surface area contributed by atoms with Crippen LogP contribution in [0.15, 0.2) is 4.52 Å². The summed E-state index contributed by atoms with van der Waals surface area (Å²) in [6.07, 6.45) is 7.72. The molecule has 3 fully saturated rings. The third kappa shape index (κ3) is 1.93. The number of carbonyl (C=O) groups excluding carboxylic acids is 1. The molecule has 114 valence electrons. The van der Waals surface area contributed by atoms with Gasteiger partial charge in [0.25, 0.3) is 0 Å². The second kappa shape index (κ2) is 4.82. The molecule has 4 rings (SSSR count). The third-order valence-electron chi connectivity index (χ3n) is 5.79. The van der Waals surface area contributed by atoms with E-state index < -0.39 is 5.41 Å². The van der Waals surface area contributed by atoms with Gasteiger partial charge in [-0.3, -0.25) is 4.79 Å². The lowest BCUT2D eigenvalue weighted by Crippen LogP contribution is -2.44. The maximum Gasteiger partial charge on any atom is 0.321 e. The third-order valence-corrected chi connectivity index (χ3v) is 5.79. The zero-order valence-corrected chi connectivity index (χ0v) is 12.5. The Bertz CT molecular complexity index is 549. The maximum absolute atomic E-state index is 12.3. The molecule has 3 atom stereocenters. The van der Waals surface area contributed by atoms with E-state index in [-0.39, 0.29) is 5.97 Å². The molecule has 1 aromatic rings. The summed E-state index contributed by atoms with van der Waals surface area (Å²) in [6.45, 7) is 2.23. The summed E-state index contributed by atoms with van der Waals surface area (Å²) < 4.78 is 10.7. The largest absolute Gasteiger partial charge is 0.465 e. The molecule has 3 unspecified atom stereocenters. The highest BCUT2D eigenvalue weighted by Crippen LogP contribution is 2.52. The molecule has 0 aromatic carbocycles. The standard InChI is InChI=1S/C16H22N2O3/c1-2-20-15(19)16(6-3-7-16)14-17-13(18-21-14)12-9-10-4-5-11(12)8-10/h10-12H,2-9H2,1H3. The second-order valence-corrected chi connectivity index (χ2v) is 6.90. The Labute approximate surface area is 124 Å². The Kier molecular flexibility index (Phi) is 3.05. The first-order chi connectivity index (χ1) is 10.2. The van der Waals surface area contributed by atoms with Crippen molar-refractivity contribution >= 4 is 5.97 Å². The van der Waals surface area contributed by atoms with Crippen LogP contribution in [0, 0.1) is 11.8 Å². The predicted octanol–water partition coefficient (Wildman–Crippen LogP) is 2.96. The number of hydrogen-bond acceptors (Lipinski definition) is 5.